The van der Waals surface area contributed by atoms with E-state index < -0.39 is 21.4 Å². The fourth-order valence-electron chi connectivity index (χ4n) is 4.75. The van der Waals surface area contributed by atoms with E-state index in [-0.39, 0.29) is 18.0 Å². The Balaban J connectivity index is 1.44. The molecular formula is C23H24FN3O3S. The first-order valence-corrected chi connectivity index (χ1v) is 12.2. The molecule has 1 aliphatic heterocycles. The third-order valence-electron chi connectivity index (χ3n) is 6.49. The molecule has 8 heteroatoms. The SMILES string of the molecule is O=c1c2c(nc3ccc(F)cn13)CCN(S(=O)(=O)c1ccc(C3CCCCC3)cc1)C2. The summed E-state index contributed by atoms with van der Waals surface area (Å²) < 4.78 is 42.6. The van der Waals surface area contributed by atoms with Crippen LogP contribution in [0.5, 0.6) is 0 Å². The second-order valence-corrected chi connectivity index (χ2v) is 10.3. The van der Waals surface area contributed by atoms with E-state index in [0.717, 1.165) is 23.4 Å². The van der Waals surface area contributed by atoms with Crippen LogP contribution >= 0.6 is 0 Å². The first-order valence-electron chi connectivity index (χ1n) is 10.7. The topological polar surface area (TPSA) is 71.8 Å². The van der Waals surface area contributed by atoms with E-state index in [9.17, 15) is 17.6 Å². The van der Waals surface area contributed by atoms with E-state index in [0.29, 0.717) is 29.2 Å². The van der Waals surface area contributed by atoms with Crippen LogP contribution in [0.2, 0.25) is 0 Å². The average molecular weight is 442 g/mol. The molecule has 1 fully saturated rings. The molecular weight excluding hydrogens is 417 g/mol. The van der Waals surface area contributed by atoms with Gasteiger partial charge in [0.15, 0.2) is 0 Å². The molecule has 0 unspecified atom stereocenters. The van der Waals surface area contributed by atoms with E-state index in [1.165, 1.54) is 41.3 Å². The smallest absolute Gasteiger partial charge is 0.262 e. The van der Waals surface area contributed by atoms with Crippen LogP contribution in [0, 0.1) is 5.82 Å². The fraction of sp³-hybridized carbons (Fsp3) is 0.391. The van der Waals surface area contributed by atoms with Gasteiger partial charge in [-0.2, -0.15) is 4.31 Å². The van der Waals surface area contributed by atoms with E-state index in [1.54, 1.807) is 12.1 Å². The van der Waals surface area contributed by atoms with Gasteiger partial charge in [0.2, 0.25) is 10.0 Å². The Hall–Kier alpha value is -2.58. The quantitative estimate of drug-likeness (QED) is 0.622. The van der Waals surface area contributed by atoms with E-state index in [4.69, 9.17) is 0 Å². The molecule has 5 rings (SSSR count). The van der Waals surface area contributed by atoms with Gasteiger partial charge in [-0.05, 0) is 48.6 Å². The lowest BCUT2D eigenvalue weighted by Crippen LogP contribution is -2.40. The number of benzene rings is 1. The summed E-state index contributed by atoms with van der Waals surface area (Å²) >= 11 is 0. The van der Waals surface area contributed by atoms with Crippen molar-refractivity contribution in [3.63, 3.8) is 0 Å². The Kier molecular flexibility index (Phi) is 5.14. The van der Waals surface area contributed by atoms with Gasteiger partial charge in [-0.25, -0.2) is 17.8 Å². The van der Waals surface area contributed by atoms with Crippen LogP contribution in [0.25, 0.3) is 5.65 Å². The van der Waals surface area contributed by atoms with Crippen LogP contribution in [0.4, 0.5) is 4.39 Å². The number of aromatic nitrogens is 2. The summed E-state index contributed by atoms with van der Waals surface area (Å²) in [4.78, 5) is 17.6. The Morgan fingerprint density at radius 1 is 1.00 bits per heavy atom. The number of pyridine rings is 1. The summed E-state index contributed by atoms with van der Waals surface area (Å²) in [6.45, 7) is 0.191. The summed E-state index contributed by atoms with van der Waals surface area (Å²) in [5.41, 5.74) is 2.01. The molecule has 1 aliphatic carbocycles. The summed E-state index contributed by atoms with van der Waals surface area (Å²) in [7, 11) is -3.75. The second-order valence-electron chi connectivity index (χ2n) is 8.41. The molecule has 3 aromatic rings. The van der Waals surface area contributed by atoms with Gasteiger partial charge in [-0.15, -0.1) is 0 Å². The normalized spacial score (nSPS) is 18.2. The van der Waals surface area contributed by atoms with Crippen LogP contribution < -0.4 is 5.56 Å². The first-order chi connectivity index (χ1) is 14.9. The molecule has 6 nitrogen and oxygen atoms in total. The van der Waals surface area contributed by atoms with E-state index in [1.807, 2.05) is 12.1 Å². The highest BCUT2D eigenvalue weighted by Crippen LogP contribution is 2.33. The molecule has 0 spiro atoms. The van der Waals surface area contributed by atoms with Gasteiger partial charge in [0.1, 0.15) is 11.5 Å². The van der Waals surface area contributed by atoms with Gasteiger partial charge >= 0.3 is 0 Å². The van der Waals surface area contributed by atoms with Crippen molar-refractivity contribution in [1.82, 2.24) is 13.7 Å². The zero-order valence-electron chi connectivity index (χ0n) is 17.1. The standard InChI is InChI=1S/C23H24FN3O3S/c24-18-8-11-22-25-21-12-13-26(15-20(21)23(28)27(22)14-18)31(29,30)19-9-6-17(7-10-19)16-4-2-1-3-5-16/h6-11,14,16H,1-5,12-13,15H2. The highest BCUT2D eigenvalue weighted by Gasteiger charge is 2.31. The Labute approximate surface area is 180 Å². The van der Waals surface area contributed by atoms with Crippen molar-refractivity contribution >= 4 is 15.7 Å². The third kappa shape index (κ3) is 3.68. The summed E-state index contributed by atoms with van der Waals surface area (Å²) in [6.07, 6.45) is 7.46. The molecule has 3 heterocycles. The molecule has 2 aromatic heterocycles. The zero-order valence-corrected chi connectivity index (χ0v) is 17.9. The molecule has 0 bridgehead atoms. The number of fused-ring (bicyclic) bond motifs is 2. The minimum absolute atomic E-state index is 0.0622. The summed E-state index contributed by atoms with van der Waals surface area (Å²) in [5, 5.41) is 0. The van der Waals surface area contributed by atoms with Gasteiger partial charge in [0.05, 0.1) is 16.2 Å². The van der Waals surface area contributed by atoms with Crippen LogP contribution in [-0.2, 0) is 23.0 Å². The predicted molar refractivity (Wildman–Crippen MR) is 115 cm³/mol. The number of rotatable bonds is 3. The maximum atomic E-state index is 13.6. The minimum Gasteiger partial charge on any atom is -0.269 e. The average Bonchev–Trinajstić information content (AvgIpc) is 2.80. The first kappa shape index (κ1) is 20.3. The largest absolute Gasteiger partial charge is 0.269 e. The van der Waals surface area contributed by atoms with Crippen molar-refractivity contribution < 1.29 is 12.8 Å². The van der Waals surface area contributed by atoms with Gasteiger partial charge < -0.3 is 0 Å². The maximum absolute atomic E-state index is 13.6. The highest BCUT2D eigenvalue weighted by molar-refractivity contribution is 7.89. The summed E-state index contributed by atoms with van der Waals surface area (Å²) in [5.74, 6) is -0.0399. The van der Waals surface area contributed by atoms with Gasteiger partial charge in [0, 0.05) is 25.7 Å². The number of nitrogens with zero attached hydrogens (tertiary/aromatic N) is 3. The zero-order chi connectivity index (χ0) is 21.6. The Morgan fingerprint density at radius 3 is 2.48 bits per heavy atom. The molecule has 31 heavy (non-hydrogen) atoms. The minimum atomic E-state index is -3.75. The lowest BCUT2D eigenvalue weighted by Gasteiger charge is -2.27. The third-order valence-corrected chi connectivity index (χ3v) is 8.35. The van der Waals surface area contributed by atoms with Crippen molar-refractivity contribution in [3.8, 4) is 0 Å². The number of halogens is 1. The van der Waals surface area contributed by atoms with Crippen molar-refractivity contribution in [2.45, 2.75) is 55.9 Å². The van der Waals surface area contributed by atoms with Crippen LogP contribution in [-0.4, -0.2) is 28.7 Å². The lowest BCUT2D eigenvalue weighted by atomic mass is 9.84. The number of hydrogen-bond donors (Lipinski definition) is 0. The number of hydrogen-bond acceptors (Lipinski definition) is 4. The van der Waals surface area contributed by atoms with Crippen molar-refractivity contribution in [2.75, 3.05) is 6.54 Å². The van der Waals surface area contributed by atoms with Crippen LogP contribution in [0.1, 0.15) is 54.8 Å². The van der Waals surface area contributed by atoms with Crippen LogP contribution in [0.15, 0.2) is 52.3 Å². The molecule has 162 valence electrons. The monoisotopic (exact) mass is 441 g/mol. The van der Waals surface area contributed by atoms with Gasteiger partial charge in [0.25, 0.3) is 5.56 Å². The molecule has 0 N–H and O–H groups in total. The highest BCUT2D eigenvalue weighted by atomic mass is 32.2. The van der Waals surface area contributed by atoms with Crippen molar-refractivity contribution in [2.24, 2.45) is 0 Å². The Bertz CT molecular complexity index is 1300. The molecule has 0 atom stereocenters. The fourth-order valence-corrected chi connectivity index (χ4v) is 6.16. The van der Waals surface area contributed by atoms with Crippen LogP contribution in [0.3, 0.4) is 0 Å². The molecule has 1 aromatic carbocycles. The number of sulfonamides is 1. The van der Waals surface area contributed by atoms with Gasteiger partial charge in [-0.1, -0.05) is 31.4 Å². The molecule has 0 saturated heterocycles. The molecule has 0 radical (unpaired) electrons. The predicted octanol–water partition coefficient (Wildman–Crippen LogP) is 3.63. The van der Waals surface area contributed by atoms with E-state index in [2.05, 4.69) is 4.98 Å². The Morgan fingerprint density at radius 2 is 1.74 bits per heavy atom. The molecule has 2 aliphatic rings. The van der Waals surface area contributed by atoms with Gasteiger partial charge in [-0.3, -0.25) is 9.20 Å². The molecule has 0 amide bonds. The maximum Gasteiger partial charge on any atom is 0.262 e. The molecule has 1 saturated carbocycles. The van der Waals surface area contributed by atoms with Crippen molar-refractivity contribution in [1.29, 1.82) is 0 Å². The summed E-state index contributed by atoms with van der Waals surface area (Å²) in [6, 6.07) is 9.91. The van der Waals surface area contributed by atoms with Crippen molar-refractivity contribution in [3.05, 3.63) is 75.6 Å². The van der Waals surface area contributed by atoms with E-state index >= 15 is 0 Å². The lowest BCUT2D eigenvalue weighted by molar-refractivity contribution is 0.385. The second kappa shape index (κ2) is 7.84.